The maximum atomic E-state index is 5.82. The molecular weight excluding hydrogens is 396 g/mol. The number of azo groups is 1. The van der Waals surface area contributed by atoms with E-state index in [1.807, 2.05) is 43.0 Å². The van der Waals surface area contributed by atoms with E-state index < -0.39 is 0 Å². The normalized spacial score (nSPS) is 11.3. The topological polar surface area (TPSA) is 51.8 Å². The number of benzene rings is 2. The lowest BCUT2D eigenvalue weighted by molar-refractivity contribution is 0.303. The maximum absolute atomic E-state index is 5.82. The average Bonchev–Trinajstić information content (AvgIpc) is 3.35. The summed E-state index contributed by atoms with van der Waals surface area (Å²) in [5.41, 5.74) is 3.09. The number of hydrogen-bond acceptors (Lipinski definition) is 4. The second-order valence-electron chi connectivity index (χ2n) is 8.23. The Kier molecular flexibility index (Phi) is 10.5. The van der Waals surface area contributed by atoms with Crippen LogP contribution >= 0.6 is 0 Å². The number of ether oxygens (including phenoxy) is 1. The highest BCUT2D eigenvalue weighted by atomic mass is 16.5. The van der Waals surface area contributed by atoms with Gasteiger partial charge in [-0.3, -0.25) is 0 Å². The Morgan fingerprint density at radius 3 is 2.16 bits per heavy atom. The first kappa shape index (κ1) is 23.7. The van der Waals surface area contributed by atoms with Gasteiger partial charge in [0, 0.05) is 18.9 Å². The molecule has 32 heavy (non-hydrogen) atoms. The van der Waals surface area contributed by atoms with Gasteiger partial charge in [-0.25, -0.2) is 4.98 Å². The molecule has 0 aliphatic rings. The van der Waals surface area contributed by atoms with E-state index in [2.05, 4.69) is 51.0 Å². The van der Waals surface area contributed by atoms with Crippen LogP contribution in [0.1, 0.15) is 63.9 Å². The zero-order valence-corrected chi connectivity index (χ0v) is 19.3. The third-order valence-corrected chi connectivity index (χ3v) is 5.51. The van der Waals surface area contributed by atoms with Crippen molar-refractivity contribution in [1.29, 1.82) is 0 Å². The van der Waals surface area contributed by atoms with Crippen molar-refractivity contribution >= 4 is 11.4 Å². The summed E-state index contributed by atoms with van der Waals surface area (Å²) in [6, 6.07) is 16.2. The monoisotopic (exact) mass is 432 g/mol. The van der Waals surface area contributed by atoms with Crippen molar-refractivity contribution in [3.63, 3.8) is 0 Å². The lowest BCUT2D eigenvalue weighted by Gasteiger charge is -2.06. The molecule has 5 nitrogen and oxygen atoms in total. The molecule has 1 heterocycles. The molecular formula is C27H36N4O. The van der Waals surface area contributed by atoms with Crippen LogP contribution in [0.3, 0.4) is 0 Å². The zero-order chi connectivity index (χ0) is 22.3. The number of nitrogens with zero attached hydrogens (tertiary/aromatic N) is 4. The molecule has 0 aliphatic heterocycles. The summed E-state index contributed by atoms with van der Waals surface area (Å²) in [5, 5.41) is 8.72. The van der Waals surface area contributed by atoms with Gasteiger partial charge in [-0.05, 0) is 67.6 Å². The summed E-state index contributed by atoms with van der Waals surface area (Å²) in [4.78, 5) is 4.05. The minimum atomic E-state index is 0.709. The molecule has 1 aromatic heterocycles. The van der Waals surface area contributed by atoms with Gasteiger partial charge in [-0.1, -0.05) is 51.2 Å². The zero-order valence-electron chi connectivity index (χ0n) is 19.3. The van der Waals surface area contributed by atoms with Gasteiger partial charge >= 0.3 is 0 Å². The number of unbranched alkanes of at least 4 members (excludes halogenated alkanes) is 6. The molecule has 3 aromatic rings. The molecule has 0 bridgehead atoms. The van der Waals surface area contributed by atoms with Crippen LogP contribution in [-0.2, 0) is 13.0 Å². The van der Waals surface area contributed by atoms with E-state index in [9.17, 15) is 0 Å². The van der Waals surface area contributed by atoms with Crippen LogP contribution in [0.5, 0.6) is 5.75 Å². The Morgan fingerprint density at radius 2 is 1.47 bits per heavy atom. The highest BCUT2D eigenvalue weighted by molar-refractivity contribution is 5.43. The van der Waals surface area contributed by atoms with E-state index >= 15 is 0 Å². The van der Waals surface area contributed by atoms with Gasteiger partial charge in [0.05, 0.1) is 24.3 Å². The SMILES string of the molecule is CCCCCCCCc1ccc(N=Nc2ccc(OCCCCn3ccnc3)cc2)cc1. The average molecular weight is 433 g/mol. The fourth-order valence-corrected chi connectivity index (χ4v) is 3.57. The standard InChI is InChI=1S/C27H36N4O/c1-2-3-4-5-6-7-10-24-11-13-25(14-12-24)29-30-26-15-17-27(18-16-26)32-22-9-8-20-31-21-19-28-23-31/h11-19,21,23H,2-10,20,22H2,1H3. The Labute approximate surface area is 192 Å². The highest BCUT2D eigenvalue weighted by Gasteiger charge is 1.98. The molecule has 0 amide bonds. The first-order chi connectivity index (χ1) is 15.8. The van der Waals surface area contributed by atoms with Crippen LogP contribution in [-0.4, -0.2) is 16.2 Å². The summed E-state index contributed by atoms with van der Waals surface area (Å²) in [6.07, 6.45) is 16.9. The van der Waals surface area contributed by atoms with Crippen molar-refractivity contribution in [2.24, 2.45) is 10.2 Å². The Balaban J connectivity index is 1.33. The van der Waals surface area contributed by atoms with Crippen LogP contribution < -0.4 is 4.74 Å². The molecule has 2 aromatic carbocycles. The summed E-state index contributed by atoms with van der Waals surface area (Å²) < 4.78 is 7.90. The molecule has 0 radical (unpaired) electrons. The minimum absolute atomic E-state index is 0.709. The van der Waals surface area contributed by atoms with Crippen molar-refractivity contribution in [2.75, 3.05) is 6.61 Å². The fraction of sp³-hybridized carbons (Fsp3) is 0.444. The third-order valence-electron chi connectivity index (χ3n) is 5.51. The van der Waals surface area contributed by atoms with Crippen molar-refractivity contribution in [3.05, 3.63) is 72.8 Å². The summed E-state index contributed by atoms with van der Waals surface area (Å²) in [7, 11) is 0. The molecule has 0 atom stereocenters. The van der Waals surface area contributed by atoms with Gasteiger partial charge in [0.1, 0.15) is 5.75 Å². The molecule has 170 valence electrons. The fourth-order valence-electron chi connectivity index (χ4n) is 3.57. The molecule has 0 fully saturated rings. The highest BCUT2D eigenvalue weighted by Crippen LogP contribution is 2.22. The van der Waals surface area contributed by atoms with Crippen molar-refractivity contribution in [2.45, 2.75) is 71.3 Å². The van der Waals surface area contributed by atoms with Gasteiger partial charge in [0.25, 0.3) is 0 Å². The largest absolute Gasteiger partial charge is 0.494 e. The minimum Gasteiger partial charge on any atom is -0.494 e. The lowest BCUT2D eigenvalue weighted by atomic mass is 10.0. The molecule has 3 rings (SSSR count). The van der Waals surface area contributed by atoms with Crippen LogP contribution in [0.2, 0.25) is 0 Å². The molecule has 5 heteroatoms. The van der Waals surface area contributed by atoms with Gasteiger partial charge in [-0.2, -0.15) is 10.2 Å². The number of imidazole rings is 1. The molecule has 0 spiro atoms. The predicted molar refractivity (Wildman–Crippen MR) is 131 cm³/mol. The van der Waals surface area contributed by atoms with E-state index in [-0.39, 0.29) is 0 Å². The van der Waals surface area contributed by atoms with Crippen LogP contribution in [0.25, 0.3) is 0 Å². The smallest absolute Gasteiger partial charge is 0.119 e. The first-order valence-corrected chi connectivity index (χ1v) is 12.0. The third kappa shape index (κ3) is 9.04. The predicted octanol–water partition coefficient (Wildman–Crippen LogP) is 8.06. The maximum Gasteiger partial charge on any atom is 0.119 e. The summed E-state index contributed by atoms with van der Waals surface area (Å²) in [6.45, 7) is 3.94. The number of hydrogen-bond donors (Lipinski definition) is 0. The van der Waals surface area contributed by atoms with E-state index in [4.69, 9.17) is 4.74 Å². The van der Waals surface area contributed by atoms with E-state index in [0.717, 1.165) is 42.9 Å². The second kappa shape index (κ2) is 14.2. The van der Waals surface area contributed by atoms with E-state index in [0.29, 0.717) is 6.61 Å². The van der Waals surface area contributed by atoms with Gasteiger partial charge in [-0.15, -0.1) is 0 Å². The Morgan fingerprint density at radius 1 is 0.781 bits per heavy atom. The second-order valence-corrected chi connectivity index (χ2v) is 8.23. The quantitative estimate of drug-likeness (QED) is 0.180. The molecule has 0 saturated heterocycles. The molecule has 0 saturated carbocycles. The van der Waals surface area contributed by atoms with Crippen molar-refractivity contribution in [3.8, 4) is 5.75 Å². The molecule has 0 unspecified atom stereocenters. The van der Waals surface area contributed by atoms with Gasteiger partial charge in [0.2, 0.25) is 0 Å². The van der Waals surface area contributed by atoms with Crippen LogP contribution in [0, 0.1) is 0 Å². The summed E-state index contributed by atoms with van der Waals surface area (Å²) in [5.74, 6) is 0.866. The summed E-state index contributed by atoms with van der Waals surface area (Å²) >= 11 is 0. The van der Waals surface area contributed by atoms with E-state index in [1.165, 1.54) is 44.1 Å². The number of aryl methyl sites for hydroxylation is 2. The number of rotatable bonds is 15. The Hall–Kier alpha value is -2.95. The Bertz CT molecular complexity index is 886. The van der Waals surface area contributed by atoms with Crippen molar-refractivity contribution in [1.82, 2.24) is 9.55 Å². The molecule has 0 N–H and O–H groups in total. The molecule has 0 aliphatic carbocycles. The van der Waals surface area contributed by atoms with Crippen LogP contribution in [0.15, 0.2) is 77.5 Å². The lowest BCUT2D eigenvalue weighted by Crippen LogP contribution is -2.00. The van der Waals surface area contributed by atoms with Gasteiger partial charge in [0.15, 0.2) is 0 Å². The van der Waals surface area contributed by atoms with Crippen molar-refractivity contribution < 1.29 is 4.74 Å². The van der Waals surface area contributed by atoms with Gasteiger partial charge < -0.3 is 9.30 Å². The van der Waals surface area contributed by atoms with Crippen LogP contribution in [0.4, 0.5) is 11.4 Å². The first-order valence-electron chi connectivity index (χ1n) is 12.0. The van der Waals surface area contributed by atoms with E-state index in [1.54, 1.807) is 0 Å². The number of aromatic nitrogens is 2.